The van der Waals surface area contributed by atoms with Crippen LogP contribution in [-0.2, 0) is 4.74 Å². The van der Waals surface area contributed by atoms with Gasteiger partial charge in [-0.15, -0.1) is 0 Å². The summed E-state index contributed by atoms with van der Waals surface area (Å²) in [7, 11) is 0. The maximum absolute atomic E-state index is 12.0. The van der Waals surface area contributed by atoms with Crippen LogP contribution in [0.4, 0.5) is 4.79 Å². The Kier molecular flexibility index (Phi) is 4.79. The Balaban J connectivity index is 1.34. The molecule has 1 aliphatic carbocycles. The van der Waals surface area contributed by atoms with Crippen LogP contribution in [0.1, 0.15) is 28.6 Å². The molecule has 4 nitrogen and oxygen atoms in total. The van der Waals surface area contributed by atoms with E-state index in [9.17, 15) is 4.79 Å². The zero-order valence-corrected chi connectivity index (χ0v) is 15.1. The van der Waals surface area contributed by atoms with Crippen LogP contribution in [0.5, 0.6) is 0 Å². The minimum Gasteiger partial charge on any atom is -0.462 e. The maximum Gasteiger partial charge on any atom is 0.407 e. The SMILES string of the molecule is Cc1ccc(C=CCNC(=O)OCC2c3ccccc3-c3ccccc32)o1. The average Bonchev–Trinajstić information content (AvgIpc) is 3.25. The van der Waals surface area contributed by atoms with E-state index in [2.05, 4.69) is 29.6 Å². The lowest BCUT2D eigenvalue weighted by molar-refractivity contribution is 0.144. The van der Waals surface area contributed by atoms with Crippen LogP contribution in [0.25, 0.3) is 17.2 Å². The van der Waals surface area contributed by atoms with Crippen LogP contribution in [0, 0.1) is 6.92 Å². The Hall–Kier alpha value is -3.27. The van der Waals surface area contributed by atoms with E-state index >= 15 is 0 Å². The largest absolute Gasteiger partial charge is 0.462 e. The minimum atomic E-state index is -0.419. The van der Waals surface area contributed by atoms with Gasteiger partial charge >= 0.3 is 6.09 Å². The lowest BCUT2D eigenvalue weighted by Gasteiger charge is -2.14. The number of amides is 1. The summed E-state index contributed by atoms with van der Waals surface area (Å²) in [5.74, 6) is 1.70. The van der Waals surface area contributed by atoms with Crippen molar-refractivity contribution in [3.63, 3.8) is 0 Å². The molecule has 1 aliphatic rings. The summed E-state index contributed by atoms with van der Waals surface area (Å²) in [6, 6.07) is 20.4. The van der Waals surface area contributed by atoms with Gasteiger partial charge in [-0.1, -0.05) is 54.6 Å². The molecule has 136 valence electrons. The fourth-order valence-electron chi connectivity index (χ4n) is 3.51. The first-order valence-corrected chi connectivity index (χ1v) is 9.04. The number of carbonyl (C=O) groups is 1. The third-order valence-corrected chi connectivity index (χ3v) is 4.75. The van der Waals surface area contributed by atoms with Gasteiger partial charge in [0.25, 0.3) is 0 Å². The summed E-state index contributed by atoms with van der Waals surface area (Å²) in [4.78, 5) is 12.0. The molecule has 3 aromatic rings. The highest BCUT2D eigenvalue weighted by Gasteiger charge is 2.28. The number of fused-ring (bicyclic) bond motifs is 3. The van der Waals surface area contributed by atoms with Crippen LogP contribution in [-0.4, -0.2) is 19.2 Å². The van der Waals surface area contributed by atoms with Gasteiger partial charge in [-0.05, 0) is 47.4 Å². The van der Waals surface area contributed by atoms with E-state index in [-0.39, 0.29) is 5.92 Å². The highest BCUT2D eigenvalue weighted by Crippen LogP contribution is 2.44. The van der Waals surface area contributed by atoms with Gasteiger partial charge in [0.15, 0.2) is 0 Å². The fourth-order valence-corrected chi connectivity index (χ4v) is 3.51. The van der Waals surface area contributed by atoms with Crippen molar-refractivity contribution in [2.75, 3.05) is 13.2 Å². The quantitative estimate of drug-likeness (QED) is 0.686. The van der Waals surface area contributed by atoms with Gasteiger partial charge in [-0.2, -0.15) is 0 Å². The maximum atomic E-state index is 12.0. The zero-order chi connectivity index (χ0) is 18.6. The molecule has 0 unspecified atom stereocenters. The molecule has 4 heteroatoms. The third-order valence-electron chi connectivity index (χ3n) is 4.75. The summed E-state index contributed by atoms with van der Waals surface area (Å²) in [5.41, 5.74) is 4.86. The van der Waals surface area contributed by atoms with E-state index in [1.54, 1.807) is 0 Å². The number of furan rings is 1. The molecule has 0 fully saturated rings. The summed E-state index contributed by atoms with van der Waals surface area (Å²) in [6.45, 7) is 2.60. The van der Waals surface area contributed by atoms with Gasteiger partial charge in [0.1, 0.15) is 18.1 Å². The first kappa shape index (κ1) is 17.2. The van der Waals surface area contributed by atoms with Crippen molar-refractivity contribution in [1.82, 2.24) is 5.32 Å². The van der Waals surface area contributed by atoms with Gasteiger partial charge in [-0.3, -0.25) is 0 Å². The molecule has 0 bridgehead atoms. The Bertz CT molecular complexity index is 941. The van der Waals surface area contributed by atoms with Gasteiger partial charge < -0.3 is 14.5 Å². The van der Waals surface area contributed by atoms with Gasteiger partial charge in [-0.25, -0.2) is 4.79 Å². The highest BCUT2D eigenvalue weighted by atomic mass is 16.5. The molecule has 0 saturated heterocycles. The fraction of sp³-hybridized carbons (Fsp3) is 0.174. The number of rotatable bonds is 5. The Morgan fingerprint density at radius 2 is 1.70 bits per heavy atom. The first-order valence-electron chi connectivity index (χ1n) is 9.04. The van der Waals surface area contributed by atoms with Crippen LogP contribution < -0.4 is 5.32 Å². The Morgan fingerprint density at radius 3 is 2.33 bits per heavy atom. The van der Waals surface area contributed by atoms with E-state index in [4.69, 9.17) is 9.15 Å². The van der Waals surface area contributed by atoms with Gasteiger partial charge in [0, 0.05) is 12.5 Å². The number of alkyl carbamates (subject to hydrolysis) is 1. The minimum absolute atomic E-state index is 0.0739. The van der Waals surface area contributed by atoms with Crippen molar-refractivity contribution in [2.24, 2.45) is 0 Å². The van der Waals surface area contributed by atoms with Gasteiger partial charge in [0.05, 0.1) is 0 Å². The molecular formula is C23H21NO3. The lowest BCUT2D eigenvalue weighted by atomic mass is 9.98. The number of nitrogens with one attached hydrogen (secondary N) is 1. The molecule has 2 aromatic carbocycles. The molecule has 0 atom stereocenters. The normalized spacial score (nSPS) is 12.8. The van der Waals surface area contributed by atoms with Crippen molar-refractivity contribution in [3.05, 3.63) is 89.4 Å². The number of aryl methyl sites for hydroxylation is 1. The molecule has 4 rings (SSSR count). The van der Waals surface area contributed by atoms with Crippen molar-refractivity contribution in [3.8, 4) is 11.1 Å². The predicted octanol–water partition coefficient (Wildman–Crippen LogP) is 5.14. The summed E-state index contributed by atoms with van der Waals surface area (Å²) < 4.78 is 10.9. The second-order valence-corrected chi connectivity index (χ2v) is 6.56. The summed E-state index contributed by atoms with van der Waals surface area (Å²) >= 11 is 0. The second kappa shape index (κ2) is 7.54. The lowest BCUT2D eigenvalue weighted by Crippen LogP contribution is -2.26. The highest BCUT2D eigenvalue weighted by molar-refractivity contribution is 5.79. The van der Waals surface area contributed by atoms with Crippen LogP contribution >= 0.6 is 0 Å². The first-order chi connectivity index (χ1) is 13.2. The zero-order valence-electron chi connectivity index (χ0n) is 15.1. The van der Waals surface area contributed by atoms with Crippen molar-refractivity contribution >= 4 is 12.2 Å². The van der Waals surface area contributed by atoms with E-state index in [1.165, 1.54) is 22.3 Å². The molecule has 1 N–H and O–H groups in total. The van der Waals surface area contributed by atoms with Gasteiger partial charge in [0.2, 0.25) is 0 Å². The van der Waals surface area contributed by atoms with Crippen molar-refractivity contribution in [2.45, 2.75) is 12.8 Å². The van der Waals surface area contributed by atoms with E-state index in [0.717, 1.165) is 11.5 Å². The smallest absolute Gasteiger partial charge is 0.407 e. The summed E-state index contributed by atoms with van der Waals surface area (Å²) in [6.07, 6.45) is 3.24. The number of ether oxygens (including phenoxy) is 1. The van der Waals surface area contributed by atoms with Crippen LogP contribution in [0.3, 0.4) is 0 Å². The predicted molar refractivity (Wildman–Crippen MR) is 106 cm³/mol. The average molecular weight is 359 g/mol. The standard InChI is InChI=1S/C23H21NO3/c1-16-12-13-17(27-16)7-6-14-24-23(25)26-15-22-20-10-4-2-8-18(20)19-9-3-5-11-21(19)22/h2-13,22H,14-15H2,1H3,(H,24,25). The Morgan fingerprint density at radius 1 is 1.04 bits per heavy atom. The molecule has 0 aliphatic heterocycles. The number of hydrogen-bond acceptors (Lipinski definition) is 3. The van der Waals surface area contributed by atoms with E-state index in [1.807, 2.05) is 55.5 Å². The molecule has 0 spiro atoms. The second-order valence-electron chi connectivity index (χ2n) is 6.56. The number of benzene rings is 2. The molecule has 27 heavy (non-hydrogen) atoms. The number of carbonyl (C=O) groups excluding carboxylic acids is 1. The molecular weight excluding hydrogens is 338 g/mol. The topological polar surface area (TPSA) is 51.5 Å². The molecule has 1 amide bonds. The van der Waals surface area contributed by atoms with Crippen LogP contribution in [0.15, 0.2) is 71.2 Å². The number of hydrogen-bond donors (Lipinski definition) is 1. The summed E-state index contributed by atoms with van der Waals surface area (Å²) in [5, 5.41) is 2.74. The Labute approximate surface area is 158 Å². The van der Waals surface area contributed by atoms with Crippen molar-refractivity contribution in [1.29, 1.82) is 0 Å². The molecule has 0 saturated carbocycles. The van der Waals surface area contributed by atoms with E-state index < -0.39 is 6.09 Å². The molecule has 1 heterocycles. The molecule has 0 radical (unpaired) electrons. The van der Waals surface area contributed by atoms with Crippen molar-refractivity contribution < 1.29 is 13.9 Å². The van der Waals surface area contributed by atoms with E-state index in [0.29, 0.717) is 13.2 Å². The third kappa shape index (κ3) is 3.65. The van der Waals surface area contributed by atoms with Crippen LogP contribution in [0.2, 0.25) is 0 Å². The molecule has 1 aromatic heterocycles. The monoisotopic (exact) mass is 359 g/mol.